The summed E-state index contributed by atoms with van der Waals surface area (Å²) < 4.78 is 5.40. The maximum absolute atomic E-state index is 6.02. The number of aromatic nitrogens is 2. The molecule has 0 aliphatic rings. The Bertz CT molecular complexity index is 512. The van der Waals surface area contributed by atoms with Gasteiger partial charge in [-0.3, -0.25) is 0 Å². The third-order valence-electron chi connectivity index (χ3n) is 3.53. The molecule has 0 aliphatic heterocycles. The predicted molar refractivity (Wildman–Crippen MR) is 79.4 cm³/mol. The van der Waals surface area contributed by atoms with E-state index in [9.17, 15) is 0 Å². The van der Waals surface area contributed by atoms with E-state index in [1.807, 2.05) is 25.1 Å². The highest BCUT2D eigenvalue weighted by atomic mass is 16.5. The molecule has 2 unspecified atom stereocenters. The standard InChI is InChI=1S/C16H23N3O/c1-11(2)15(12(3)17)16-18-14(19-20-16)10-9-13-7-5-4-6-8-13/h4-8,11-12,15H,9-10,17H2,1-3H3. The first kappa shape index (κ1) is 14.7. The quantitative estimate of drug-likeness (QED) is 0.878. The zero-order valence-corrected chi connectivity index (χ0v) is 12.4. The molecule has 0 saturated carbocycles. The minimum Gasteiger partial charge on any atom is -0.339 e. The molecule has 1 aromatic heterocycles. The van der Waals surface area contributed by atoms with E-state index < -0.39 is 0 Å². The van der Waals surface area contributed by atoms with Crippen LogP contribution in [0, 0.1) is 5.92 Å². The van der Waals surface area contributed by atoms with E-state index >= 15 is 0 Å². The number of nitrogens with zero attached hydrogens (tertiary/aromatic N) is 2. The number of benzene rings is 1. The van der Waals surface area contributed by atoms with Crippen molar-refractivity contribution in [2.24, 2.45) is 11.7 Å². The Balaban J connectivity index is 2.01. The molecule has 0 aliphatic carbocycles. The van der Waals surface area contributed by atoms with E-state index in [0.29, 0.717) is 11.8 Å². The molecule has 4 heteroatoms. The van der Waals surface area contributed by atoms with Crippen molar-refractivity contribution in [3.8, 4) is 0 Å². The van der Waals surface area contributed by atoms with Gasteiger partial charge in [-0.15, -0.1) is 0 Å². The average Bonchev–Trinajstić information content (AvgIpc) is 2.85. The molecule has 0 saturated heterocycles. The van der Waals surface area contributed by atoms with Crippen LogP contribution in [-0.2, 0) is 12.8 Å². The molecule has 0 radical (unpaired) electrons. The molecular formula is C16H23N3O. The SMILES string of the molecule is CC(C)C(c1nc(CCc2ccccc2)no1)C(C)N. The average molecular weight is 273 g/mol. The van der Waals surface area contributed by atoms with Crippen molar-refractivity contribution in [1.82, 2.24) is 10.1 Å². The van der Waals surface area contributed by atoms with E-state index in [-0.39, 0.29) is 12.0 Å². The fraction of sp³-hybridized carbons (Fsp3) is 0.500. The van der Waals surface area contributed by atoms with Crippen molar-refractivity contribution in [2.75, 3.05) is 0 Å². The van der Waals surface area contributed by atoms with Crippen LogP contribution in [0.25, 0.3) is 0 Å². The second-order valence-corrected chi connectivity index (χ2v) is 5.66. The Morgan fingerprint density at radius 1 is 1.10 bits per heavy atom. The summed E-state index contributed by atoms with van der Waals surface area (Å²) in [6.45, 7) is 6.24. The summed E-state index contributed by atoms with van der Waals surface area (Å²) in [4.78, 5) is 4.51. The molecule has 2 aromatic rings. The third-order valence-corrected chi connectivity index (χ3v) is 3.53. The molecule has 108 valence electrons. The Hall–Kier alpha value is -1.68. The summed E-state index contributed by atoms with van der Waals surface area (Å²) in [6.07, 6.45) is 1.71. The smallest absolute Gasteiger partial charge is 0.231 e. The number of nitrogens with two attached hydrogens (primary N) is 1. The first-order chi connectivity index (χ1) is 9.58. The van der Waals surface area contributed by atoms with E-state index in [1.54, 1.807) is 0 Å². The summed E-state index contributed by atoms with van der Waals surface area (Å²) in [5.41, 5.74) is 7.30. The lowest BCUT2D eigenvalue weighted by molar-refractivity contribution is 0.298. The van der Waals surface area contributed by atoms with Crippen LogP contribution in [0.1, 0.15) is 44.0 Å². The Morgan fingerprint density at radius 3 is 2.40 bits per heavy atom. The van der Waals surface area contributed by atoms with Gasteiger partial charge in [-0.05, 0) is 24.8 Å². The molecule has 0 spiro atoms. The molecule has 4 nitrogen and oxygen atoms in total. The number of hydrogen-bond donors (Lipinski definition) is 1. The fourth-order valence-electron chi connectivity index (χ4n) is 2.52. The van der Waals surface area contributed by atoms with Crippen molar-refractivity contribution in [2.45, 2.75) is 45.6 Å². The van der Waals surface area contributed by atoms with Crippen LogP contribution < -0.4 is 5.73 Å². The first-order valence-electron chi connectivity index (χ1n) is 7.20. The molecule has 0 amide bonds. The largest absolute Gasteiger partial charge is 0.339 e. The topological polar surface area (TPSA) is 64.9 Å². The van der Waals surface area contributed by atoms with Gasteiger partial charge in [0.25, 0.3) is 0 Å². The van der Waals surface area contributed by atoms with Crippen molar-refractivity contribution in [3.63, 3.8) is 0 Å². The maximum atomic E-state index is 6.02. The highest BCUT2D eigenvalue weighted by Gasteiger charge is 2.26. The van der Waals surface area contributed by atoms with Crippen molar-refractivity contribution in [1.29, 1.82) is 0 Å². The van der Waals surface area contributed by atoms with Crippen LogP contribution in [0.15, 0.2) is 34.9 Å². The van der Waals surface area contributed by atoms with Gasteiger partial charge in [-0.1, -0.05) is 49.3 Å². The Morgan fingerprint density at radius 2 is 1.80 bits per heavy atom. The number of hydrogen-bond acceptors (Lipinski definition) is 4. The molecule has 1 aromatic carbocycles. The predicted octanol–water partition coefficient (Wildman–Crippen LogP) is 2.94. The lowest BCUT2D eigenvalue weighted by Crippen LogP contribution is -2.28. The summed E-state index contributed by atoms with van der Waals surface area (Å²) in [6, 6.07) is 10.3. The molecule has 2 rings (SSSR count). The third kappa shape index (κ3) is 3.67. The normalized spacial score (nSPS) is 14.4. The first-order valence-corrected chi connectivity index (χ1v) is 7.20. The highest BCUT2D eigenvalue weighted by molar-refractivity contribution is 5.15. The summed E-state index contributed by atoms with van der Waals surface area (Å²) in [5.74, 6) is 1.93. The molecular weight excluding hydrogens is 250 g/mol. The van der Waals surface area contributed by atoms with Gasteiger partial charge in [0.15, 0.2) is 5.82 Å². The second kappa shape index (κ2) is 6.66. The lowest BCUT2D eigenvalue weighted by Gasteiger charge is -2.20. The lowest BCUT2D eigenvalue weighted by atomic mass is 9.90. The zero-order valence-electron chi connectivity index (χ0n) is 12.4. The van der Waals surface area contributed by atoms with Crippen LogP contribution in [0.3, 0.4) is 0 Å². The fourth-order valence-corrected chi connectivity index (χ4v) is 2.52. The van der Waals surface area contributed by atoms with E-state index in [2.05, 4.69) is 36.1 Å². The molecule has 20 heavy (non-hydrogen) atoms. The molecule has 0 fully saturated rings. The Labute approximate surface area is 120 Å². The van der Waals surface area contributed by atoms with E-state index in [4.69, 9.17) is 10.3 Å². The minimum atomic E-state index is 0.0115. The second-order valence-electron chi connectivity index (χ2n) is 5.66. The monoisotopic (exact) mass is 273 g/mol. The summed E-state index contributed by atoms with van der Waals surface area (Å²) >= 11 is 0. The molecule has 2 atom stereocenters. The van der Waals surface area contributed by atoms with Crippen molar-refractivity contribution >= 4 is 0 Å². The van der Waals surface area contributed by atoms with Gasteiger partial charge in [0.1, 0.15) is 0 Å². The zero-order chi connectivity index (χ0) is 14.5. The van der Waals surface area contributed by atoms with Crippen LogP contribution in [0.5, 0.6) is 0 Å². The van der Waals surface area contributed by atoms with Crippen molar-refractivity contribution in [3.05, 3.63) is 47.6 Å². The summed E-state index contributed by atoms with van der Waals surface area (Å²) in [5, 5.41) is 4.08. The van der Waals surface area contributed by atoms with Gasteiger partial charge in [0, 0.05) is 12.5 Å². The summed E-state index contributed by atoms with van der Waals surface area (Å²) in [7, 11) is 0. The van der Waals surface area contributed by atoms with Gasteiger partial charge in [-0.25, -0.2) is 0 Å². The number of aryl methyl sites for hydroxylation is 2. The van der Waals surface area contributed by atoms with E-state index in [1.165, 1.54) is 5.56 Å². The van der Waals surface area contributed by atoms with E-state index in [0.717, 1.165) is 18.7 Å². The minimum absolute atomic E-state index is 0.0115. The maximum Gasteiger partial charge on any atom is 0.231 e. The molecule has 0 bridgehead atoms. The van der Waals surface area contributed by atoms with Gasteiger partial charge in [-0.2, -0.15) is 4.98 Å². The van der Waals surface area contributed by atoms with Gasteiger partial charge < -0.3 is 10.3 Å². The van der Waals surface area contributed by atoms with Crippen LogP contribution in [-0.4, -0.2) is 16.2 Å². The van der Waals surface area contributed by atoms with Crippen LogP contribution >= 0.6 is 0 Å². The van der Waals surface area contributed by atoms with Crippen LogP contribution in [0.4, 0.5) is 0 Å². The van der Waals surface area contributed by atoms with Crippen LogP contribution in [0.2, 0.25) is 0 Å². The number of rotatable bonds is 6. The molecule has 1 heterocycles. The Kier molecular flexibility index (Phi) is 4.90. The highest BCUT2D eigenvalue weighted by Crippen LogP contribution is 2.25. The van der Waals surface area contributed by atoms with Gasteiger partial charge >= 0.3 is 0 Å². The molecule has 2 N–H and O–H groups in total. The van der Waals surface area contributed by atoms with Gasteiger partial charge in [0.05, 0.1) is 5.92 Å². The van der Waals surface area contributed by atoms with Crippen molar-refractivity contribution < 1.29 is 4.52 Å². The van der Waals surface area contributed by atoms with Gasteiger partial charge in [0.2, 0.25) is 5.89 Å².